The smallest absolute Gasteiger partial charge is 0.255 e. The van der Waals surface area contributed by atoms with Crippen LogP contribution in [0.4, 0.5) is 0 Å². The highest BCUT2D eigenvalue weighted by molar-refractivity contribution is 5.97. The van der Waals surface area contributed by atoms with E-state index in [2.05, 4.69) is 16.7 Å². The predicted molar refractivity (Wildman–Crippen MR) is 101 cm³/mol. The van der Waals surface area contributed by atoms with Crippen LogP contribution in [0.2, 0.25) is 0 Å². The third kappa shape index (κ3) is 4.04. The van der Waals surface area contributed by atoms with Gasteiger partial charge in [-0.2, -0.15) is 0 Å². The third-order valence-electron chi connectivity index (χ3n) is 6.05. The Hall–Kier alpha value is -1.59. The van der Waals surface area contributed by atoms with Crippen molar-refractivity contribution in [2.45, 2.75) is 69.0 Å². The van der Waals surface area contributed by atoms with E-state index in [1.807, 2.05) is 12.1 Å². The highest BCUT2D eigenvalue weighted by atomic mass is 16.5. The van der Waals surface area contributed by atoms with Crippen molar-refractivity contribution in [3.63, 3.8) is 0 Å². The molecule has 0 radical (unpaired) electrons. The Morgan fingerprint density at radius 3 is 2.62 bits per heavy atom. The lowest BCUT2D eigenvalue weighted by molar-refractivity contribution is 0.0774. The van der Waals surface area contributed by atoms with Gasteiger partial charge >= 0.3 is 0 Å². The molecule has 0 bridgehead atoms. The quantitative estimate of drug-likeness (QED) is 0.821. The number of carbonyl (C=O) groups is 1. The fourth-order valence-electron chi connectivity index (χ4n) is 4.38. The van der Waals surface area contributed by atoms with E-state index in [-0.39, 0.29) is 5.91 Å². The van der Waals surface area contributed by atoms with Gasteiger partial charge in [0.25, 0.3) is 5.91 Å². The summed E-state index contributed by atoms with van der Waals surface area (Å²) < 4.78 is 10.9. The van der Waals surface area contributed by atoms with Gasteiger partial charge in [-0.05, 0) is 49.8 Å². The molecule has 26 heavy (non-hydrogen) atoms. The molecule has 1 aromatic carbocycles. The highest BCUT2D eigenvalue weighted by Gasteiger charge is 2.40. The zero-order chi connectivity index (χ0) is 17.9. The number of hydrogen-bond donors (Lipinski definition) is 2. The lowest BCUT2D eigenvalue weighted by Gasteiger charge is -2.23. The lowest BCUT2D eigenvalue weighted by Crippen LogP contribution is -2.36. The van der Waals surface area contributed by atoms with Crippen LogP contribution in [0.1, 0.15) is 66.8 Å². The average Bonchev–Trinajstić information content (AvgIpc) is 3.24. The molecule has 4 rings (SSSR count). The average molecular weight is 358 g/mol. The van der Waals surface area contributed by atoms with Gasteiger partial charge in [0.15, 0.2) is 0 Å². The molecular weight excluding hydrogens is 328 g/mol. The van der Waals surface area contributed by atoms with Crippen molar-refractivity contribution in [2.24, 2.45) is 0 Å². The van der Waals surface area contributed by atoms with Crippen LogP contribution in [-0.4, -0.2) is 44.4 Å². The Balaban J connectivity index is 1.41. The van der Waals surface area contributed by atoms with Crippen LogP contribution in [0.15, 0.2) is 18.2 Å². The van der Waals surface area contributed by atoms with Crippen molar-refractivity contribution in [1.82, 2.24) is 10.6 Å². The van der Waals surface area contributed by atoms with E-state index >= 15 is 0 Å². The molecule has 1 heterocycles. The molecule has 3 fully saturated rings. The fourth-order valence-corrected chi connectivity index (χ4v) is 4.38. The van der Waals surface area contributed by atoms with Crippen LogP contribution in [-0.2, 0) is 4.74 Å². The van der Waals surface area contributed by atoms with Crippen LogP contribution in [0.3, 0.4) is 0 Å². The Morgan fingerprint density at radius 2 is 1.88 bits per heavy atom. The number of rotatable bonds is 6. The standard InChI is InChI=1S/C21H30N2O3/c1-25-20-7-6-14(12-18(20)21(24)23-15-4-2-3-5-15)17-13-19(17)22-16-8-10-26-11-9-16/h6-7,12,15-17,19,22H,2-5,8-11,13H2,1H3,(H,23,24)/t17-,19+/m0/s1. The van der Waals surface area contributed by atoms with Crippen LogP contribution in [0.5, 0.6) is 5.75 Å². The number of methoxy groups -OCH3 is 1. The predicted octanol–water partition coefficient (Wildman–Crippen LogP) is 2.99. The van der Waals surface area contributed by atoms with Crippen molar-refractivity contribution in [1.29, 1.82) is 0 Å². The lowest BCUT2D eigenvalue weighted by atomic mass is 10.0. The van der Waals surface area contributed by atoms with Crippen molar-refractivity contribution in [2.75, 3.05) is 20.3 Å². The number of carbonyl (C=O) groups excluding carboxylic acids is 1. The number of ether oxygens (including phenoxy) is 2. The second kappa shape index (κ2) is 7.97. The summed E-state index contributed by atoms with van der Waals surface area (Å²) in [6.07, 6.45) is 7.95. The van der Waals surface area contributed by atoms with E-state index in [1.54, 1.807) is 7.11 Å². The van der Waals surface area contributed by atoms with Gasteiger partial charge in [-0.3, -0.25) is 4.79 Å². The van der Waals surface area contributed by atoms with Gasteiger partial charge in [0, 0.05) is 37.3 Å². The van der Waals surface area contributed by atoms with E-state index in [9.17, 15) is 4.79 Å². The molecule has 2 N–H and O–H groups in total. The number of nitrogens with one attached hydrogen (secondary N) is 2. The van der Waals surface area contributed by atoms with E-state index in [1.165, 1.54) is 18.4 Å². The fraction of sp³-hybridized carbons (Fsp3) is 0.667. The minimum atomic E-state index is 0.00480. The summed E-state index contributed by atoms with van der Waals surface area (Å²) in [5, 5.41) is 6.95. The first kappa shape index (κ1) is 17.8. The van der Waals surface area contributed by atoms with Crippen molar-refractivity contribution >= 4 is 5.91 Å². The largest absolute Gasteiger partial charge is 0.496 e. The van der Waals surface area contributed by atoms with Crippen molar-refractivity contribution < 1.29 is 14.3 Å². The molecule has 2 aliphatic carbocycles. The Kier molecular flexibility index (Phi) is 5.46. The normalized spacial score (nSPS) is 26.7. The van der Waals surface area contributed by atoms with E-state index in [0.29, 0.717) is 35.4 Å². The van der Waals surface area contributed by atoms with E-state index in [0.717, 1.165) is 45.3 Å². The van der Waals surface area contributed by atoms with Crippen LogP contribution >= 0.6 is 0 Å². The minimum absolute atomic E-state index is 0.00480. The van der Waals surface area contributed by atoms with Gasteiger partial charge in [0.05, 0.1) is 12.7 Å². The zero-order valence-electron chi connectivity index (χ0n) is 15.6. The van der Waals surface area contributed by atoms with Gasteiger partial charge < -0.3 is 20.1 Å². The molecule has 142 valence electrons. The SMILES string of the molecule is COc1ccc([C@@H]2C[C@H]2NC2CCOCC2)cc1C(=O)NC1CCCC1. The van der Waals surface area contributed by atoms with E-state index in [4.69, 9.17) is 9.47 Å². The first-order valence-corrected chi connectivity index (χ1v) is 10.1. The van der Waals surface area contributed by atoms with E-state index < -0.39 is 0 Å². The second-order valence-electron chi connectivity index (χ2n) is 7.92. The summed E-state index contributed by atoms with van der Waals surface area (Å²) in [6, 6.07) is 7.52. The molecule has 0 unspecified atom stereocenters. The summed E-state index contributed by atoms with van der Waals surface area (Å²) in [7, 11) is 1.63. The maximum atomic E-state index is 12.8. The van der Waals surface area contributed by atoms with Gasteiger partial charge in [-0.25, -0.2) is 0 Å². The van der Waals surface area contributed by atoms with Crippen molar-refractivity contribution in [3.05, 3.63) is 29.3 Å². The Morgan fingerprint density at radius 1 is 1.12 bits per heavy atom. The Bertz CT molecular complexity index is 636. The Labute approximate surface area is 155 Å². The number of hydrogen-bond acceptors (Lipinski definition) is 4. The topological polar surface area (TPSA) is 59.6 Å². The maximum absolute atomic E-state index is 12.8. The molecule has 2 saturated carbocycles. The number of benzene rings is 1. The summed E-state index contributed by atoms with van der Waals surface area (Å²) in [4.78, 5) is 12.8. The first-order valence-electron chi connectivity index (χ1n) is 10.1. The zero-order valence-corrected chi connectivity index (χ0v) is 15.6. The molecule has 2 atom stereocenters. The molecule has 1 aliphatic heterocycles. The molecule has 5 heteroatoms. The maximum Gasteiger partial charge on any atom is 0.255 e. The molecule has 1 saturated heterocycles. The molecule has 1 aromatic rings. The molecule has 3 aliphatic rings. The summed E-state index contributed by atoms with van der Waals surface area (Å²) in [6.45, 7) is 1.73. The van der Waals surface area contributed by atoms with Crippen LogP contribution in [0, 0.1) is 0 Å². The summed E-state index contributed by atoms with van der Waals surface area (Å²) in [5.74, 6) is 1.17. The highest BCUT2D eigenvalue weighted by Crippen LogP contribution is 2.42. The second-order valence-corrected chi connectivity index (χ2v) is 7.92. The van der Waals surface area contributed by atoms with Crippen LogP contribution < -0.4 is 15.4 Å². The van der Waals surface area contributed by atoms with Gasteiger partial charge in [-0.15, -0.1) is 0 Å². The molecule has 0 aromatic heterocycles. The molecular formula is C21H30N2O3. The minimum Gasteiger partial charge on any atom is -0.496 e. The van der Waals surface area contributed by atoms with Gasteiger partial charge in [0.1, 0.15) is 5.75 Å². The summed E-state index contributed by atoms with van der Waals surface area (Å²) in [5.41, 5.74) is 1.92. The molecule has 5 nitrogen and oxygen atoms in total. The number of amides is 1. The third-order valence-corrected chi connectivity index (χ3v) is 6.05. The van der Waals surface area contributed by atoms with Gasteiger partial charge in [0.2, 0.25) is 0 Å². The van der Waals surface area contributed by atoms with Crippen LogP contribution in [0.25, 0.3) is 0 Å². The molecule has 0 spiro atoms. The summed E-state index contributed by atoms with van der Waals surface area (Å²) >= 11 is 0. The van der Waals surface area contributed by atoms with Gasteiger partial charge in [-0.1, -0.05) is 18.9 Å². The monoisotopic (exact) mass is 358 g/mol. The first-order chi connectivity index (χ1) is 12.7. The van der Waals surface area contributed by atoms with Crippen molar-refractivity contribution in [3.8, 4) is 5.75 Å². The molecule has 1 amide bonds.